The van der Waals surface area contributed by atoms with Crippen molar-refractivity contribution in [1.29, 1.82) is 0 Å². The fourth-order valence-electron chi connectivity index (χ4n) is 2.14. The van der Waals surface area contributed by atoms with Crippen LogP contribution in [-0.4, -0.2) is 24.6 Å². The Morgan fingerprint density at radius 2 is 1.95 bits per heavy atom. The maximum Gasteiger partial charge on any atom is 0.387 e. The summed E-state index contributed by atoms with van der Waals surface area (Å²) < 4.78 is 29.3. The molecule has 1 aliphatic rings. The lowest BCUT2D eigenvalue weighted by Gasteiger charge is -2.22. The average Bonchev–Trinajstić information content (AvgIpc) is 3.22. The van der Waals surface area contributed by atoms with E-state index in [2.05, 4.69) is 15.4 Å². The highest BCUT2D eigenvalue weighted by molar-refractivity contribution is 5.81. The van der Waals surface area contributed by atoms with Gasteiger partial charge in [-0.3, -0.25) is 10.1 Å². The number of halogens is 2. The van der Waals surface area contributed by atoms with E-state index in [9.17, 15) is 13.6 Å². The number of para-hydroxylation sites is 1. The molecule has 1 aromatic rings. The van der Waals surface area contributed by atoms with Crippen molar-refractivity contribution >= 4 is 5.91 Å². The first-order chi connectivity index (χ1) is 9.97. The minimum atomic E-state index is -2.87. The molecule has 4 nitrogen and oxygen atoms in total. The Morgan fingerprint density at radius 3 is 2.57 bits per heavy atom. The number of carbonyl (C=O) groups is 1. The second kappa shape index (κ2) is 6.85. The summed E-state index contributed by atoms with van der Waals surface area (Å²) in [4.78, 5) is 11.9. The Bertz CT molecular complexity index is 492. The van der Waals surface area contributed by atoms with Gasteiger partial charge in [0.1, 0.15) is 5.75 Å². The molecule has 1 fully saturated rings. The van der Waals surface area contributed by atoms with Crippen LogP contribution in [0.25, 0.3) is 0 Å². The summed E-state index contributed by atoms with van der Waals surface area (Å²) in [6.45, 7) is 0.702. The molecule has 0 spiro atoms. The van der Waals surface area contributed by atoms with Crippen molar-refractivity contribution in [3.63, 3.8) is 0 Å². The molecule has 1 saturated carbocycles. The van der Waals surface area contributed by atoms with E-state index in [0.717, 1.165) is 12.8 Å². The molecule has 2 N–H and O–H groups in total. The maximum absolute atomic E-state index is 12.4. The number of hydrogen-bond donors (Lipinski definition) is 2. The fraction of sp³-hybridized carbons (Fsp3) is 0.533. The Morgan fingerprint density at radius 1 is 1.29 bits per heavy atom. The number of nitrogens with one attached hydrogen (secondary N) is 2. The maximum atomic E-state index is 12.4. The predicted octanol–water partition coefficient (Wildman–Crippen LogP) is 2.61. The normalized spacial score (nSPS) is 17.4. The molecule has 0 aromatic heterocycles. The van der Waals surface area contributed by atoms with Crippen LogP contribution in [0.4, 0.5) is 8.78 Å². The van der Waals surface area contributed by atoms with Gasteiger partial charge in [-0.2, -0.15) is 8.78 Å². The van der Waals surface area contributed by atoms with Crippen molar-refractivity contribution in [3.8, 4) is 5.75 Å². The van der Waals surface area contributed by atoms with E-state index in [-0.39, 0.29) is 17.7 Å². The topological polar surface area (TPSA) is 50.4 Å². The number of hydrogen-bond acceptors (Lipinski definition) is 3. The summed E-state index contributed by atoms with van der Waals surface area (Å²) in [5.41, 5.74) is 0.601. The first-order valence-electron chi connectivity index (χ1n) is 7.07. The molecule has 2 unspecified atom stereocenters. The highest BCUT2D eigenvalue weighted by Crippen LogP contribution is 2.26. The van der Waals surface area contributed by atoms with Crippen LogP contribution in [0.1, 0.15) is 38.3 Å². The van der Waals surface area contributed by atoms with Crippen LogP contribution in [-0.2, 0) is 4.79 Å². The van der Waals surface area contributed by atoms with Gasteiger partial charge in [-0.15, -0.1) is 0 Å². The Balaban J connectivity index is 1.98. The number of rotatable bonds is 7. The summed E-state index contributed by atoms with van der Waals surface area (Å²) in [5.74, 6) is 0.0545. The Labute approximate surface area is 122 Å². The zero-order valence-corrected chi connectivity index (χ0v) is 12.1. The molecule has 0 heterocycles. The van der Waals surface area contributed by atoms with E-state index < -0.39 is 12.7 Å². The van der Waals surface area contributed by atoms with E-state index in [1.807, 2.05) is 6.92 Å². The van der Waals surface area contributed by atoms with Gasteiger partial charge in [-0.25, -0.2) is 0 Å². The van der Waals surface area contributed by atoms with Crippen molar-refractivity contribution in [3.05, 3.63) is 29.8 Å². The molecule has 1 aliphatic carbocycles. The second-order valence-electron chi connectivity index (χ2n) is 5.31. The molecule has 1 amide bonds. The number of benzene rings is 1. The summed E-state index contributed by atoms with van der Waals surface area (Å²) in [5, 5.41) is 6.01. The molecule has 21 heavy (non-hydrogen) atoms. The number of alkyl halides is 2. The highest BCUT2D eigenvalue weighted by Gasteiger charge is 2.26. The van der Waals surface area contributed by atoms with Gasteiger partial charge in [-0.05, 0) is 32.8 Å². The quantitative estimate of drug-likeness (QED) is 0.813. The van der Waals surface area contributed by atoms with Crippen molar-refractivity contribution < 1.29 is 18.3 Å². The van der Waals surface area contributed by atoms with Gasteiger partial charge in [0.15, 0.2) is 0 Å². The van der Waals surface area contributed by atoms with Gasteiger partial charge in [0.2, 0.25) is 5.91 Å². The van der Waals surface area contributed by atoms with Gasteiger partial charge in [0, 0.05) is 17.6 Å². The largest absolute Gasteiger partial charge is 0.434 e. The molecule has 6 heteroatoms. The van der Waals surface area contributed by atoms with Crippen LogP contribution in [0.3, 0.4) is 0 Å². The zero-order chi connectivity index (χ0) is 15.4. The molecule has 116 valence electrons. The zero-order valence-electron chi connectivity index (χ0n) is 12.1. The van der Waals surface area contributed by atoms with Crippen LogP contribution in [0.5, 0.6) is 5.75 Å². The van der Waals surface area contributed by atoms with Crippen LogP contribution in [0.15, 0.2) is 24.3 Å². The Hall–Kier alpha value is -1.69. The molecule has 0 aliphatic heterocycles. The van der Waals surface area contributed by atoms with Crippen molar-refractivity contribution in [2.75, 3.05) is 0 Å². The molecular weight excluding hydrogens is 278 g/mol. The highest BCUT2D eigenvalue weighted by atomic mass is 19.3. The van der Waals surface area contributed by atoms with E-state index in [1.54, 1.807) is 25.1 Å². The van der Waals surface area contributed by atoms with Crippen molar-refractivity contribution in [2.45, 2.75) is 51.4 Å². The van der Waals surface area contributed by atoms with Crippen LogP contribution in [0, 0.1) is 0 Å². The minimum Gasteiger partial charge on any atom is -0.434 e. The van der Waals surface area contributed by atoms with Gasteiger partial charge in [-0.1, -0.05) is 18.2 Å². The van der Waals surface area contributed by atoms with E-state index in [0.29, 0.717) is 11.6 Å². The SMILES string of the molecule is CC(NC(C)c1ccccc1OC(F)F)C(=O)NC1CC1. The molecule has 0 saturated heterocycles. The number of carbonyl (C=O) groups excluding carboxylic acids is 1. The number of ether oxygens (including phenoxy) is 1. The lowest BCUT2D eigenvalue weighted by atomic mass is 10.1. The lowest BCUT2D eigenvalue weighted by Crippen LogP contribution is -2.43. The summed E-state index contributed by atoms with van der Waals surface area (Å²) >= 11 is 0. The smallest absolute Gasteiger partial charge is 0.387 e. The van der Waals surface area contributed by atoms with Crippen LogP contribution >= 0.6 is 0 Å². The first kappa shape index (κ1) is 15.7. The van der Waals surface area contributed by atoms with Gasteiger partial charge < -0.3 is 10.1 Å². The van der Waals surface area contributed by atoms with Crippen LogP contribution in [0.2, 0.25) is 0 Å². The van der Waals surface area contributed by atoms with Crippen molar-refractivity contribution in [2.24, 2.45) is 0 Å². The van der Waals surface area contributed by atoms with Gasteiger partial charge in [0.05, 0.1) is 6.04 Å². The van der Waals surface area contributed by atoms with Gasteiger partial charge >= 0.3 is 6.61 Å². The standard InChI is InChI=1S/C15H20F2N2O2/c1-9(18-10(2)14(20)19-11-7-8-11)12-5-3-4-6-13(12)21-15(16)17/h3-6,9-11,15,18H,7-8H2,1-2H3,(H,19,20). The third-order valence-electron chi connectivity index (χ3n) is 3.42. The van der Waals surface area contributed by atoms with E-state index >= 15 is 0 Å². The van der Waals surface area contributed by atoms with Crippen LogP contribution < -0.4 is 15.4 Å². The van der Waals surface area contributed by atoms with Gasteiger partial charge in [0.25, 0.3) is 0 Å². The third-order valence-corrected chi connectivity index (χ3v) is 3.42. The third kappa shape index (κ3) is 4.67. The summed E-state index contributed by atoms with van der Waals surface area (Å²) in [6.07, 6.45) is 2.05. The average molecular weight is 298 g/mol. The summed E-state index contributed by atoms with van der Waals surface area (Å²) in [7, 11) is 0. The summed E-state index contributed by atoms with van der Waals surface area (Å²) in [6, 6.07) is 6.21. The first-order valence-corrected chi connectivity index (χ1v) is 7.07. The van der Waals surface area contributed by atoms with E-state index in [1.165, 1.54) is 6.07 Å². The van der Waals surface area contributed by atoms with Crippen molar-refractivity contribution in [1.82, 2.24) is 10.6 Å². The number of amides is 1. The molecule has 0 radical (unpaired) electrons. The minimum absolute atomic E-state index is 0.0726. The lowest BCUT2D eigenvalue weighted by molar-refractivity contribution is -0.123. The monoisotopic (exact) mass is 298 g/mol. The molecule has 0 bridgehead atoms. The molecule has 2 rings (SSSR count). The fourth-order valence-corrected chi connectivity index (χ4v) is 2.14. The molecule has 2 atom stereocenters. The van der Waals surface area contributed by atoms with E-state index in [4.69, 9.17) is 0 Å². The molecular formula is C15H20F2N2O2. The predicted molar refractivity (Wildman–Crippen MR) is 75.3 cm³/mol. The second-order valence-corrected chi connectivity index (χ2v) is 5.31. The molecule has 1 aromatic carbocycles. The Kier molecular flexibility index (Phi) is 5.12.